The van der Waals surface area contributed by atoms with E-state index in [1.807, 2.05) is 0 Å². The van der Waals surface area contributed by atoms with Crippen molar-refractivity contribution in [1.29, 1.82) is 0 Å². The third-order valence-electron chi connectivity index (χ3n) is 3.81. The highest BCUT2D eigenvalue weighted by molar-refractivity contribution is 5.97. The molecule has 0 heterocycles. The van der Waals surface area contributed by atoms with Crippen LogP contribution in [0, 0.1) is 0 Å². The highest BCUT2D eigenvalue weighted by atomic mass is 16.5. The Balaban J connectivity index is 2.18. The SMILES string of the molecule is COC(=O)C(Cc1ccc(O)cc1)NC(=O)c1ccc(OC)c(OC)c1. The van der Waals surface area contributed by atoms with Gasteiger partial charge in [0.1, 0.15) is 11.8 Å². The van der Waals surface area contributed by atoms with E-state index in [9.17, 15) is 14.7 Å². The van der Waals surface area contributed by atoms with Gasteiger partial charge >= 0.3 is 5.97 Å². The number of carbonyl (C=O) groups is 2. The number of aromatic hydroxyl groups is 1. The van der Waals surface area contributed by atoms with Crippen LogP contribution in [0.15, 0.2) is 42.5 Å². The molecule has 2 aromatic rings. The van der Waals surface area contributed by atoms with Gasteiger partial charge in [0, 0.05) is 12.0 Å². The predicted molar refractivity (Wildman–Crippen MR) is 94.6 cm³/mol. The van der Waals surface area contributed by atoms with E-state index < -0.39 is 17.9 Å². The summed E-state index contributed by atoms with van der Waals surface area (Å²) < 4.78 is 15.1. The molecule has 0 bridgehead atoms. The van der Waals surface area contributed by atoms with Crippen LogP contribution in [0.25, 0.3) is 0 Å². The molecule has 0 saturated heterocycles. The van der Waals surface area contributed by atoms with E-state index >= 15 is 0 Å². The molecule has 1 atom stereocenters. The van der Waals surface area contributed by atoms with Crippen molar-refractivity contribution in [3.8, 4) is 17.2 Å². The Kier molecular flexibility index (Phi) is 6.43. The zero-order valence-electron chi connectivity index (χ0n) is 14.8. The topological polar surface area (TPSA) is 94.1 Å². The highest BCUT2D eigenvalue weighted by Crippen LogP contribution is 2.27. The van der Waals surface area contributed by atoms with Crippen molar-refractivity contribution in [3.05, 3.63) is 53.6 Å². The molecule has 7 nitrogen and oxygen atoms in total. The molecule has 26 heavy (non-hydrogen) atoms. The van der Waals surface area contributed by atoms with E-state index in [1.54, 1.807) is 24.3 Å². The number of hydrogen-bond acceptors (Lipinski definition) is 6. The zero-order valence-corrected chi connectivity index (χ0v) is 14.8. The smallest absolute Gasteiger partial charge is 0.328 e. The summed E-state index contributed by atoms with van der Waals surface area (Å²) in [6, 6.07) is 10.2. The van der Waals surface area contributed by atoms with Crippen LogP contribution in [0.4, 0.5) is 0 Å². The molecule has 0 radical (unpaired) electrons. The van der Waals surface area contributed by atoms with Gasteiger partial charge in [-0.3, -0.25) is 4.79 Å². The first kappa shape index (κ1) is 19.1. The molecule has 0 aromatic heterocycles. The fourth-order valence-electron chi connectivity index (χ4n) is 2.42. The van der Waals surface area contributed by atoms with Gasteiger partial charge in [-0.1, -0.05) is 12.1 Å². The Morgan fingerprint density at radius 1 is 1.00 bits per heavy atom. The Morgan fingerprint density at radius 2 is 1.65 bits per heavy atom. The van der Waals surface area contributed by atoms with Gasteiger partial charge in [0.15, 0.2) is 11.5 Å². The van der Waals surface area contributed by atoms with Crippen LogP contribution >= 0.6 is 0 Å². The fourth-order valence-corrected chi connectivity index (χ4v) is 2.42. The monoisotopic (exact) mass is 359 g/mol. The zero-order chi connectivity index (χ0) is 19.1. The van der Waals surface area contributed by atoms with Crippen LogP contribution in [0.2, 0.25) is 0 Å². The molecular weight excluding hydrogens is 338 g/mol. The molecule has 138 valence electrons. The van der Waals surface area contributed by atoms with E-state index in [2.05, 4.69) is 5.32 Å². The van der Waals surface area contributed by atoms with E-state index in [4.69, 9.17) is 14.2 Å². The molecule has 0 aliphatic heterocycles. The summed E-state index contributed by atoms with van der Waals surface area (Å²) in [6.45, 7) is 0. The van der Waals surface area contributed by atoms with Crippen molar-refractivity contribution >= 4 is 11.9 Å². The highest BCUT2D eigenvalue weighted by Gasteiger charge is 2.23. The minimum Gasteiger partial charge on any atom is -0.508 e. The molecule has 7 heteroatoms. The van der Waals surface area contributed by atoms with Gasteiger partial charge in [-0.15, -0.1) is 0 Å². The molecular formula is C19H21NO6. The maximum absolute atomic E-state index is 12.5. The molecule has 0 spiro atoms. The van der Waals surface area contributed by atoms with Gasteiger partial charge in [-0.05, 0) is 35.9 Å². The maximum Gasteiger partial charge on any atom is 0.328 e. The molecule has 2 rings (SSSR count). The van der Waals surface area contributed by atoms with Crippen molar-refractivity contribution in [2.75, 3.05) is 21.3 Å². The number of nitrogens with one attached hydrogen (secondary N) is 1. The summed E-state index contributed by atoms with van der Waals surface area (Å²) in [6.07, 6.45) is 0.228. The summed E-state index contributed by atoms with van der Waals surface area (Å²) >= 11 is 0. The van der Waals surface area contributed by atoms with Crippen LogP contribution in [-0.4, -0.2) is 44.4 Å². The molecule has 2 aromatic carbocycles. The Bertz CT molecular complexity index is 772. The number of hydrogen-bond donors (Lipinski definition) is 2. The summed E-state index contributed by atoms with van der Waals surface area (Å²) in [7, 11) is 4.23. The first-order chi connectivity index (χ1) is 12.5. The third kappa shape index (κ3) is 4.66. The summed E-state index contributed by atoms with van der Waals surface area (Å²) in [4.78, 5) is 24.6. The first-order valence-electron chi connectivity index (χ1n) is 7.87. The predicted octanol–water partition coefficient (Wildman–Crippen LogP) is 1.92. The summed E-state index contributed by atoms with van der Waals surface area (Å²) in [5, 5.41) is 12.0. The number of amides is 1. The van der Waals surface area contributed by atoms with Gasteiger partial charge in [-0.25, -0.2) is 4.79 Å². The lowest BCUT2D eigenvalue weighted by molar-refractivity contribution is -0.142. The average Bonchev–Trinajstić information content (AvgIpc) is 2.67. The van der Waals surface area contributed by atoms with Gasteiger partial charge in [0.05, 0.1) is 21.3 Å². The average molecular weight is 359 g/mol. The second kappa shape index (κ2) is 8.75. The van der Waals surface area contributed by atoms with Gasteiger partial charge < -0.3 is 24.6 Å². The number of rotatable bonds is 7. The number of carbonyl (C=O) groups excluding carboxylic acids is 2. The molecule has 2 N–H and O–H groups in total. The number of phenolic OH excluding ortho intramolecular Hbond substituents is 1. The Labute approximate surface area is 151 Å². The second-order valence-electron chi connectivity index (χ2n) is 5.49. The Hall–Kier alpha value is -3.22. The normalized spacial score (nSPS) is 11.3. The largest absolute Gasteiger partial charge is 0.508 e. The minimum atomic E-state index is -0.870. The molecule has 0 aliphatic carbocycles. The first-order valence-corrected chi connectivity index (χ1v) is 7.87. The van der Waals surface area contributed by atoms with Crippen molar-refractivity contribution in [2.45, 2.75) is 12.5 Å². The summed E-state index contributed by atoms with van der Waals surface area (Å²) in [5.41, 5.74) is 1.09. The number of phenols is 1. The lowest BCUT2D eigenvalue weighted by Gasteiger charge is -2.17. The van der Waals surface area contributed by atoms with Crippen molar-refractivity contribution < 1.29 is 28.9 Å². The lowest BCUT2D eigenvalue weighted by atomic mass is 10.0. The summed E-state index contributed by atoms with van der Waals surface area (Å²) in [5.74, 6) is 0.0238. The quantitative estimate of drug-likeness (QED) is 0.734. The van der Waals surface area contributed by atoms with E-state index in [0.29, 0.717) is 17.1 Å². The molecule has 1 unspecified atom stereocenters. The van der Waals surface area contributed by atoms with Crippen LogP contribution < -0.4 is 14.8 Å². The van der Waals surface area contributed by atoms with E-state index in [1.165, 1.54) is 39.5 Å². The van der Waals surface area contributed by atoms with Gasteiger partial charge in [0.2, 0.25) is 0 Å². The van der Waals surface area contributed by atoms with E-state index in [0.717, 1.165) is 5.56 Å². The van der Waals surface area contributed by atoms with Crippen LogP contribution in [-0.2, 0) is 16.0 Å². The molecule has 0 fully saturated rings. The number of benzene rings is 2. The second-order valence-corrected chi connectivity index (χ2v) is 5.49. The van der Waals surface area contributed by atoms with Crippen LogP contribution in [0.5, 0.6) is 17.2 Å². The van der Waals surface area contributed by atoms with Crippen molar-refractivity contribution in [1.82, 2.24) is 5.32 Å². The number of esters is 1. The third-order valence-corrected chi connectivity index (χ3v) is 3.81. The van der Waals surface area contributed by atoms with Crippen molar-refractivity contribution in [2.24, 2.45) is 0 Å². The number of methoxy groups -OCH3 is 3. The maximum atomic E-state index is 12.5. The molecule has 0 saturated carbocycles. The fraction of sp³-hybridized carbons (Fsp3) is 0.263. The molecule has 1 amide bonds. The van der Waals surface area contributed by atoms with Crippen molar-refractivity contribution in [3.63, 3.8) is 0 Å². The lowest BCUT2D eigenvalue weighted by Crippen LogP contribution is -2.43. The Morgan fingerprint density at radius 3 is 2.23 bits per heavy atom. The van der Waals surface area contributed by atoms with Crippen LogP contribution in [0.3, 0.4) is 0 Å². The van der Waals surface area contributed by atoms with Gasteiger partial charge in [0.25, 0.3) is 5.91 Å². The standard InChI is InChI=1S/C19H21NO6/c1-24-16-9-6-13(11-17(16)25-2)18(22)20-15(19(23)26-3)10-12-4-7-14(21)8-5-12/h4-9,11,15,21H,10H2,1-3H3,(H,20,22). The minimum absolute atomic E-state index is 0.123. The number of ether oxygens (including phenoxy) is 3. The van der Waals surface area contributed by atoms with E-state index in [-0.39, 0.29) is 12.2 Å². The van der Waals surface area contributed by atoms with Crippen LogP contribution in [0.1, 0.15) is 15.9 Å². The molecule has 0 aliphatic rings. The van der Waals surface area contributed by atoms with Gasteiger partial charge in [-0.2, -0.15) is 0 Å².